The number of sulfone groups is 2. The fourth-order valence-corrected chi connectivity index (χ4v) is 2.64. The molecule has 20 heavy (non-hydrogen) atoms. The van der Waals surface area contributed by atoms with Crippen molar-refractivity contribution in [1.29, 1.82) is 0 Å². The van der Waals surface area contributed by atoms with Crippen LogP contribution in [0.3, 0.4) is 0 Å². The van der Waals surface area contributed by atoms with Crippen molar-refractivity contribution in [1.82, 2.24) is 0 Å². The number of benzene rings is 2. The van der Waals surface area contributed by atoms with Gasteiger partial charge in [0.1, 0.15) is 0 Å². The fourth-order valence-electron chi connectivity index (χ4n) is 1.34. The smallest absolute Gasteiger partial charge is 0.175 e. The summed E-state index contributed by atoms with van der Waals surface area (Å²) in [6.45, 7) is 0. The van der Waals surface area contributed by atoms with Gasteiger partial charge in [-0.15, -0.1) is 0 Å². The third-order valence-corrected chi connectivity index (χ3v) is 4.60. The Morgan fingerprint density at radius 1 is 0.550 bits per heavy atom. The van der Waals surface area contributed by atoms with Gasteiger partial charge < -0.3 is 0 Å². The van der Waals surface area contributed by atoms with Gasteiger partial charge in [-0.1, -0.05) is 36.4 Å². The minimum Gasteiger partial charge on any atom is -0.224 e. The van der Waals surface area contributed by atoms with Crippen molar-refractivity contribution in [3.8, 4) is 0 Å². The van der Waals surface area contributed by atoms with Crippen molar-refractivity contribution in [2.24, 2.45) is 0 Å². The maximum Gasteiger partial charge on any atom is 0.175 e. The summed E-state index contributed by atoms with van der Waals surface area (Å²) in [4.78, 5) is 0.741. The molecule has 0 fully saturated rings. The molecule has 0 unspecified atom stereocenters. The molecule has 0 N–H and O–H groups in total. The third-order valence-electron chi connectivity index (χ3n) is 2.34. The zero-order valence-electron chi connectivity index (χ0n) is 11.2. The van der Waals surface area contributed by atoms with Crippen LogP contribution in [0.5, 0.6) is 0 Å². The molecule has 0 amide bonds. The Balaban J connectivity index is 0.000000200. The summed E-state index contributed by atoms with van der Waals surface area (Å²) >= 11 is 0. The van der Waals surface area contributed by atoms with Crippen LogP contribution < -0.4 is 0 Å². The summed E-state index contributed by atoms with van der Waals surface area (Å²) in [5.41, 5.74) is 0. The van der Waals surface area contributed by atoms with Gasteiger partial charge >= 0.3 is 0 Å². The minimum absolute atomic E-state index is 0.370. The Kier molecular flexibility index (Phi) is 5.47. The van der Waals surface area contributed by atoms with E-state index in [0.717, 1.165) is 0 Å². The molecule has 0 heterocycles. The van der Waals surface area contributed by atoms with Crippen LogP contribution in [-0.2, 0) is 19.7 Å². The third kappa shape index (κ3) is 5.54. The molecule has 0 aliphatic rings. The molecule has 0 spiro atoms. The quantitative estimate of drug-likeness (QED) is 0.852. The molecule has 0 saturated carbocycles. The highest BCUT2D eigenvalue weighted by Gasteiger charge is 2.03. The topological polar surface area (TPSA) is 68.3 Å². The summed E-state index contributed by atoms with van der Waals surface area (Å²) in [5.74, 6) is 0. The minimum atomic E-state index is -3.00. The summed E-state index contributed by atoms with van der Waals surface area (Å²) in [6.07, 6.45) is 2.39. The van der Waals surface area contributed by atoms with Crippen LogP contribution in [0, 0.1) is 0 Å². The fraction of sp³-hybridized carbons (Fsp3) is 0.143. The first-order valence-corrected chi connectivity index (χ1v) is 9.50. The molecular formula is C14H16O4S2. The Bertz CT molecular complexity index is 667. The van der Waals surface area contributed by atoms with Gasteiger partial charge in [-0.3, -0.25) is 0 Å². The Hall–Kier alpha value is -1.66. The molecule has 0 aliphatic carbocycles. The van der Waals surface area contributed by atoms with Crippen LogP contribution in [0.4, 0.5) is 0 Å². The van der Waals surface area contributed by atoms with E-state index in [1.807, 2.05) is 0 Å². The first kappa shape index (κ1) is 16.4. The summed E-state index contributed by atoms with van der Waals surface area (Å²) in [5, 5.41) is 0. The highest BCUT2D eigenvalue weighted by Crippen LogP contribution is 2.06. The van der Waals surface area contributed by atoms with E-state index in [4.69, 9.17) is 0 Å². The highest BCUT2D eigenvalue weighted by molar-refractivity contribution is 7.91. The van der Waals surface area contributed by atoms with Crippen molar-refractivity contribution in [3.05, 3.63) is 60.7 Å². The Morgan fingerprint density at radius 3 is 0.950 bits per heavy atom. The zero-order valence-corrected chi connectivity index (χ0v) is 12.9. The van der Waals surface area contributed by atoms with Crippen molar-refractivity contribution in [2.45, 2.75) is 9.79 Å². The monoisotopic (exact) mass is 312 g/mol. The number of hydrogen-bond acceptors (Lipinski definition) is 4. The van der Waals surface area contributed by atoms with E-state index in [2.05, 4.69) is 0 Å². The molecule has 6 heteroatoms. The average molecular weight is 312 g/mol. The van der Waals surface area contributed by atoms with E-state index < -0.39 is 19.7 Å². The standard InChI is InChI=1S/2C7H8O2S/c2*1-10(8,9)7-5-3-2-4-6-7/h2*2-6H,1H3. The van der Waals surface area contributed by atoms with Gasteiger partial charge in [0.2, 0.25) is 0 Å². The second kappa shape index (κ2) is 6.67. The molecule has 4 nitrogen and oxygen atoms in total. The maximum absolute atomic E-state index is 10.8. The van der Waals surface area contributed by atoms with Crippen LogP contribution in [0.2, 0.25) is 0 Å². The average Bonchev–Trinajstić information content (AvgIpc) is 2.40. The van der Waals surface area contributed by atoms with Crippen LogP contribution in [0.15, 0.2) is 70.5 Å². The van der Waals surface area contributed by atoms with Gasteiger partial charge in [0, 0.05) is 12.5 Å². The maximum atomic E-state index is 10.8. The summed E-state index contributed by atoms with van der Waals surface area (Å²) in [6, 6.07) is 16.7. The normalized spacial score (nSPS) is 11.3. The van der Waals surface area contributed by atoms with E-state index in [1.165, 1.54) is 12.5 Å². The first-order valence-electron chi connectivity index (χ1n) is 5.71. The summed E-state index contributed by atoms with van der Waals surface area (Å²) < 4.78 is 43.3. The van der Waals surface area contributed by atoms with Gasteiger partial charge in [-0.25, -0.2) is 16.8 Å². The Labute approximate surface area is 119 Å². The van der Waals surface area contributed by atoms with Crippen LogP contribution >= 0.6 is 0 Å². The molecular weight excluding hydrogens is 296 g/mol. The van der Waals surface area contributed by atoms with Crippen molar-refractivity contribution in [2.75, 3.05) is 12.5 Å². The second-order valence-electron chi connectivity index (χ2n) is 4.17. The first-order chi connectivity index (χ1) is 9.21. The number of rotatable bonds is 2. The molecule has 0 bridgehead atoms. The van der Waals surface area contributed by atoms with E-state index >= 15 is 0 Å². The molecule has 2 rings (SSSR count). The zero-order chi connectivity index (χ0) is 15.2. The molecule has 0 aliphatic heterocycles. The van der Waals surface area contributed by atoms with Crippen molar-refractivity contribution < 1.29 is 16.8 Å². The summed E-state index contributed by atoms with van der Waals surface area (Å²) in [7, 11) is -6.01. The van der Waals surface area contributed by atoms with E-state index in [9.17, 15) is 16.8 Å². The molecule has 0 aromatic heterocycles. The van der Waals surface area contributed by atoms with Gasteiger partial charge in [0.05, 0.1) is 9.79 Å². The molecule has 0 saturated heterocycles. The van der Waals surface area contributed by atoms with E-state index in [1.54, 1.807) is 60.7 Å². The van der Waals surface area contributed by atoms with Gasteiger partial charge in [0.15, 0.2) is 19.7 Å². The van der Waals surface area contributed by atoms with Gasteiger partial charge in [-0.05, 0) is 24.3 Å². The second-order valence-corrected chi connectivity index (χ2v) is 8.20. The predicted molar refractivity (Wildman–Crippen MR) is 79.1 cm³/mol. The van der Waals surface area contributed by atoms with E-state index in [0.29, 0.717) is 9.79 Å². The van der Waals surface area contributed by atoms with Crippen LogP contribution in [0.25, 0.3) is 0 Å². The van der Waals surface area contributed by atoms with E-state index in [-0.39, 0.29) is 0 Å². The molecule has 0 atom stereocenters. The van der Waals surface area contributed by atoms with Gasteiger partial charge in [0.25, 0.3) is 0 Å². The lowest BCUT2D eigenvalue weighted by atomic mass is 10.4. The molecule has 2 aromatic rings. The largest absolute Gasteiger partial charge is 0.224 e. The van der Waals surface area contributed by atoms with Crippen molar-refractivity contribution in [3.63, 3.8) is 0 Å². The number of hydrogen-bond donors (Lipinski definition) is 0. The van der Waals surface area contributed by atoms with Crippen LogP contribution in [0.1, 0.15) is 0 Å². The van der Waals surface area contributed by atoms with Crippen molar-refractivity contribution >= 4 is 19.7 Å². The van der Waals surface area contributed by atoms with Crippen LogP contribution in [-0.4, -0.2) is 29.3 Å². The SMILES string of the molecule is CS(=O)(=O)c1ccccc1.CS(=O)(=O)c1ccccc1. The molecule has 2 aromatic carbocycles. The Morgan fingerprint density at radius 2 is 0.800 bits per heavy atom. The molecule has 108 valence electrons. The lowest BCUT2D eigenvalue weighted by Crippen LogP contribution is -1.95. The molecule has 0 radical (unpaired) electrons. The lowest BCUT2D eigenvalue weighted by Gasteiger charge is -1.93. The highest BCUT2D eigenvalue weighted by atomic mass is 32.2. The predicted octanol–water partition coefficient (Wildman–Crippen LogP) is 2.18. The lowest BCUT2D eigenvalue weighted by molar-refractivity contribution is 0.600. The van der Waals surface area contributed by atoms with Gasteiger partial charge in [-0.2, -0.15) is 0 Å².